The Hall–Kier alpha value is -2.66. The van der Waals surface area contributed by atoms with Crippen molar-refractivity contribution in [2.45, 2.75) is 11.1 Å². The van der Waals surface area contributed by atoms with Crippen molar-refractivity contribution in [3.63, 3.8) is 0 Å². The van der Waals surface area contributed by atoms with Crippen LogP contribution in [0.2, 0.25) is 0 Å². The Kier molecular flexibility index (Phi) is 6.39. The number of amides is 1. The van der Waals surface area contributed by atoms with Crippen molar-refractivity contribution in [2.24, 2.45) is 0 Å². The molecule has 146 valence electrons. The van der Waals surface area contributed by atoms with Gasteiger partial charge in [0.15, 0.2) is 18.2 Å². The highest BCUT2D eigenvalue weighted by Gasteiger charge is 2.30. The Morgan fingerprint density at radius 2 is 1.67 bits per heavy atom. The number of halogens is 4. The molecule has 0 aliphatic rings. The van der Waals surface area contributed by atoms with Crippen molar-refractivity contribution in [3.8, 4) is 5.75 Å². The lowest BCUT2D eigenvalue weighted by atomic mass is 10.3. The third-order valence-electron chi connectivity index (χ3n) is 3.11. The first-order valence-electron chi connectivity index (χ1n) is 7.40. The van der Waals surface area contributed by atoms with E-state index in [1.165, 1.54) is 41.1 Å². The average Bonchev–Trinajstić information content (AvgIpc) is 2.59. The highest BCUT2D eigenvalue weighted by molar-refractivity contribution is 7.89. The van der Waals surface area contributed by atoms with Crippen LogP contribution in [-0.2, 0) is 14.8 Å². The largest absolute Gasteiger partial charge is 0.481 e. The third-order valence-corrected chi connectivity index (χ3v) is 4.52. The molecule has 0 fully saturated rings. The van der Waals surface area contributed by atoms with Crippen LogP contribution in [0.4, 0.5) is 23.2 Å². The lowest BCUT2D eigenvalue weighted by Crippen LogP contribution is -2.33. The van der Waals surface area contributed by atoms with Crippen molar-refractivity contribution in [1.29, 1.82) is 0 Å². The van der Waals surface area contributed by atoms with Gasteiger partial charge in [0.05, 0.1) is 4.90 Å². The molecule has 6 nitrogen and oxygen atoms in total. The fraction of sp³-hybridized carbons (Fsp3) is 0.188. The van der Waals surface area contributed by atoms with Crippen LogP contribution in [0.1, 0.15) is 0 Å². The molecule has 0 spiro atoms. The lowest BCUT2D eigenvalue weighted by Gasteiger charge is -2.10. The number of rotatable bonds is 7. The Bertz CT molecular complexity index is 899. The monoisotopic (exact) mass is 406 g/mol. The number of benzene rings is 2. The van der Waals surface area contributed by atoms with Crippen LogP contribution in [0, 0.1) is 5.82 Å². The van der Waals surface area contributed by atoms with Crippen LogP contribution in [0.3, 0.4) is 0 Å². The van der Waals surface area contributed by atoms with E-state index in [-0.39, 0.29) is 11.4 Å². The molecule has 0 unspecified atom stereocenters. The molecule has 1 amide bonds. The van der Waals surface area contributed by atoms with Gasteiger partial charge in [0.2, 0.25) is 10.0 Å². The van der Waals surface area contributed by atoms with Crippen LogP contribution in [-0.4, -0.2) is 33.7 Å². The number of anilines is 1. The van der Waals surface area contributed by atoms with E-state index in [0.29, 0.717) is 0 Å². The van der Waals surface area contributed by atoms with E-state index >= 15 is 0 Å². The normalized spacial score (nSPS) is 11.9. The fourth-order valence-electron chi connectivity index (χ4n) is 1.88. The predicted octanol–water partition coefficient (Wildman–Crippen LogP) is 2.68. The average molecular weight is 406 g/mol. The molecule has 0 bridgehead atoms. The van der Waals surface area contributed by atoms with Gasteiger partial charge in [0, 0.05) is 5.69 Å². The van der Waals surface area contributed by atoms with Gasteiger partial charge in [-0.25, -0.2) is 17.5 Å². The summed E-state index contributed by atoms with van der Waals surface area (Å²) in [7, 11) is -4.34. The Morgan fingerprint density at radius 1 is 1.04 bits per heavy atom. The molecule has 0 radical (unpaired) electrons. The summed E-state index contributed by atoms with van der Waals surface area (Å²) in [6.45, 7) is -2.19. The Balaban J connectivity index is 1.93. The molecule has 0 aromatic heterocycles. The summed E-state index contributed by atoms with van der Waals surface area (Å²) in [5, 5.41) is 2.38. The van der Waals surface area contributed by atoms with Crippen LogP contribution in [0.25, 0.3) is 0 Å². The number of nitrogens with one attached hydrogen (secondary N) is 2. The number of carbonyl (C=O) groups excluding carboxylic acids is 1. The molecule has 0 heterocycles. The van der Waals surface area contributed by atoms with Crippen LogP contribution < -0.4 is 14.8 Å². The van der Waals surface area contributed by atoms with Gasteiger partial charge in [-0.15, -0.1) is 0 Å². The summed E-state index contributed by atoms with van der Waals surface area (Å²) >= 11 is 0. The smallest absolute Gasteiger partial charge is 0.402 e. The Morgan fingerprint density at radius 3 is 2.26 bits per heavy atom. The highest BCUT2D eigenvalue weighted by Crippen LogP contribution is 2.18. The van der Waals surface area contributed by atoms with E-state index < -0.39 is 46.0 Å². The molecular formula is C16H14F4N2O4S. The summed E-state index contributed by atoms with van der Waals surface area (Å²) in [5.74, 6) is -1.37. The number of hydrogen-bond acceptors (Lipinski definition) is 4. The second kappa shape index (κ2) is 8.35. The maximum absolute atomic E-state index is 13.4. The third kappa shape index (κ3) is 6.53. The highest BCUT2D eigenvalue weighted by atomic mass is 32.2. The minimum absolute atomic E-state index is 0.107. The minimum Gasteiger partial charge on any atom is -0.481 e. The first-order chi connectivity index (χ1) is 12.6. The van der Waals surface area contributed by atoms with Gasteiger partial charge in [0.1, 0.15) is 6.54 Å². The van der Waals surface area contributed by atoms with Crippen LogP contribution in [0.15, 0.2) is 53.4 Å². The first kappa shape index (κ1) is 20.6. The van der Waals surface area contributed by atoms with Gasteiger partial charge in [-0.1, -0.05) is 12.1 Å². The van der Waals surface area contributed by atoms with Gasteiger partial charge < -0.3 is 10.1 Å². The molecule has 0 saturated carbocycles. The SMILES string of the molecule is O=C(COc1ccccc1F)Nc1ccc(S(=O)(=O)NCC(F)(F)F)cc1. The zero-order valence-electron chi connectivity index (χ0n) is 13.6. The number of alkyl halides is 3. The van der Waals surface area contributed by atoms with Crippen molar-refractivity contribution in [3.05, 3.63) is 54.3 Å². The number of carbonyl (C=O) groups is 1. The second-order valence-corrected chi connectivity index (χ2v) is 7.00. The molecule has 0 aliphatic heterocycles. The first-order valence-corrected chi connectivity index (χ1v) is 8.89. The summed E-state index contributed by atoms with van der Waals surface area (Å²) < 4.78 is 79.7. The molecule has 0 atom stereocenters. The number of sulfonamides is 1. The van der Waals surface area contributed by atoms with Gasteiger partial charge in [-0.3, -0.25) is 4.79 Å². The van der Waals surface area contributed by atoms with E-state index in [4.69, 9.17) is 4.74 Å². The van der Waals surface area contributed by atoms with Crippen molar-refractivity contribution < 1.29 is 35.5 Å². The molecule has 2 aromatic rings. The number of para-hydroxylation sites is 1. The molecule has 0 aliphatic carbocycles. The summed E-state index contributed by atoms with van der Waals surface area (Å²) in [5.41, 5.74) is 0.187. The fourth-order valence-corrected chi connectivity index (χ4v) is 2.89. The van der Waals surface area contributed by atoms with E-state index in [1.807, 2.05) is 0 Å². The lowest BCUT2D eigenvalue weighted by molar-refractivity contribution is -0.121. The maximum atomic E-state index is 13.4. The quantitative estimate of drug-likeness (QED) is 0.693. The van der Waals surface area contributed by atoms with Crippen LogP contribution >= 0.6 is 0 Å². The number of hydrogen-bond donors (Lipinski definition) is 2. The molecule has 2 aromatic carbocycles. The second-order valence-electron chi connectivity index (χ2n) is 5.23. The molecule has 2 N–H and O–H groups in total. The van der Waals surface area contributed by atoms with E-state index in [9.17, 15) is 30.8 Å². The van der Waals surface area contributed by atoms with Gasteiger partial charge in [-0.2, -0.15) is 13.2 Å². The molecular weight excluding hydrogens is 392 g/mol. The molecule has 0 saturated heterocycles. The van der Waals surface area contributed by atoms with Crippen molar-refractivity contribution >= 4 is 21.6 Å². The zero-order chi connectivity index (χ0) is 20.1. The van der Waals surface area contributed by atoms with Crippen LogP contribution in [0.5, 0.6) is 5.75 Å². The van der Waals surface area contributed by atoms with E-state index in [1.54, 1.807) is 0 Å². The van der Waals surface area contributed by atoms with E-state index in [0.717, 1.165) is 12.1 Å². The van der Waals surface area contributed by atoms with Crippen molar-refractivity contribution in [1.82, 2.24) is 4.72 Å². The zero-order valence-corrected chi connectivity index (χ0v) is 14.4. The van der Waals surface area contributed by atoms with Gasteiger partial charge in [-0.05, 0) is 36.4 Å². The molecule has 11 heteroatoms. The minimum atomic E-state index is -4.68. The van der Waals surface area contributed by atoms with E-state index in [2.05, 4.69) is 5.32 Å². The van der Waals surface area contributed by atoms with Gasteiger partial charge in [0.25, 0.3) is 5.91 Å². The summed E-state index contributed by atoms with van der Waals surface area (Å²) in [4.78, 5) is 11.4. The predicted molar refractivity (Wildman–Crippen MR) is 88.2 cm³/mol. The van der Waals surface area contributed by atoms with Gasteiger partial charge >= 0.3 is 6.18 Å². The van der Waals surface area contributed by atoms with Crippen molar-refractivity contribution in [2.75, 3.05) is 18.5 Å². The summed E-state index contributed by atoms with van der Waals surface area (Å²) in [6, 6.07) is 9.96. The molecule has 2 rings (SSSR count). The molecule has 27 heavy (non-hydrogen) atoms. The topological polar surface area (TPSA) is 84.5 Å². The standard InChI is InChI=1S/C16H14F4N2O4S/c17-13-3-1-2-4-14(13)26-9-15(23)22-11-5-7-12(8-6-11)27(24,25)21-10-16(18,19)20/h1-8,21H,9-10H2,(H,22,23). The maximum Gasteiger partial charge on any atom is 0.402 e. The Labute approximate surface area is 152 Å². The number of ether oxygens (including phenoxy) is 1. The summed E-state index contributed by atoms with van der Waals surface area (Å²) in [6.07, 6.45) is -4.68.